The summed E-state index contributed by atoms with van der Waals surface area (Å²) in [6.45, 7) is 4.66. The topological polar surface area (TPSA) is 66.5 Å². The highest BCUT2D eigenvalue weighted by atomic mass is 16.2. The molecule has 3 amide bonds. The highest BCUT2D eigenvalue weighted by molar-refractivity contribution is 6.07. The summed E-state index contributed by atoms with van der Waals surface area (Å²) in [6, 6.07) is 0. The number of likely N-dealkylation sites (tertiary alicyclic amines) is 1. The summed E-state index contributed by atoms with van der Waals surface area (Å²) in [5, 5.41) is 2.78. The number of amides is 3. The molecule has 0 radical (unpaired) electrons. The lowest BCUT2D eigenvalue weighted by Crippen LogP contribution is -2.41. The van der Waals surface area contributed by atoms with Gasteiger partial charge in [-0.25, -0.2) is 0 Å². The van der Waals surface area contributed by atoms with Gasteiger partial charge in [0.25, 0.3) is 0 Å². The average molecular weight is 280 g/mol. The van der Waals surface area contributed by atoms with E-state index in [1.807, 2.05) is 0 Å². The fourth-order valence-electron chi connectivity index (χ4n) is 3.09. The molecule has 2 atom stereocenters. The minimum absolute atomic E-state index is 0.108. The SMILES string of the molecule is CC(C)CCNC(=O)CN1C(=O)[C@@H]2CCCC[C@H]2C1=O. The molecule has 0 aromatic carbocycles. The predicted molar refractivity (Wildman–Crippen MR) is 74.6 cm³/mol. The van der Waals surface area contributed by atoms with Crippen molar-refractivity contribution in [2.75, 3.05) is 13.1 Å². The highest BCUT2D eigenvalue weighted by Crippen LogP contribution is 2.37. The summed E-state index contributed by atoms with van der Waals surface area (Å²) in [7, 11) is 0. The molecule has 1 saturated carbocycles. The van der Waals surface area contributed by atoms with Crippen LogP contribution >= 0.6 is 0 Å². The number of imide groups is 1. The summed E-state index contributed by atoms with van der Waals surface area (Å²) >= 11 is 0. The second-order valence-corrected chi connectivity index (χ2v) is 6.29. The molecule has 1 saturated heterocycles. The number of carbonyl (C=O) groups excluding carboxylic acids is 3. The zero-order chi connectivity index (χ0) is 14.7. The molecule has 5 nitrogen and oxygen atoms in total. The molecule has 0 spiro atoms. The third kappa shape index (κ3) is 3.19. The first-order chi connectivity index (χ1) is 9.50. The lowest BCUT2D eigenvalue weighted by Gasteiger charge is -2.19. The summed E-state index contributed by atoms with van der Waals surface area (Å²) in [5.41, 5.74) is 0. The van der Waals surface area contributed by atoms with Gasteiger partial charge in [0.2, 0.25) is 17.7 Å². The van der Waals surface area contributed by atoms with Crippen molar-refractivity contribution in [1.82, 2.24) is 10.2 Å². The Kier molecular flexibility index (Phi) is 4.78. The van der Waals surface area contributed by atoms with Crippen LogP contribution in [0.15, 0.2) is 0 Å². The molecule has 20 heavy (non-hydrogen) atoms. The molecule has 5 heteroatoms. The van der Waals surface area contributed by atoms with Crippen LogP contribution in [0.25, 0.3) is 0 Å². The van der Waals surface area contributed by atoms with Crippen molar-refractivity contribution in [3.63, 3.8) is 0 Å². The number of hydrogen-bond donors (Lipinski definition) is 1. The maximum absolute atomic E-state index is 12.2. The van der Waals surface area contributed by atoms with Gasteiger partial charge in [-0.15, -0.1) is 0 Å². The van der Waals surface area contributed by atoms with Gasteiger partial charge in [0.15, 0.2) is 0 Å². The van der Waals surface area contributed by atoms with E-state index in [9.17, 15) is 14.4 Å². The molecule has 1 aliphatic carbocycles. The molecule has 1 heterocycles. The lowest BCUT2D eigenvalue weighted by molar-refractivity contribution is -0.143. The van der Waals surface area contributed by atoms with Crippen LogP contribution in [0.4, 0.5) is 0 Å². The van der Waals surface area contributed by atoms with Crippen LogP contribution in [0.5, 0.6) is 0 Å². The van der Waals surface area contributed by atoms with Gasteiger partial charge in [0.05, 0.1) is 11.8 Å². The van der Waals surface area contributed by atoms with Crippen LogP contribution < -0.4 is 5.32 Å². The van der Waals surface area contributed by atoms with Crippen LogP contribution in [0.3, 0.4) is 0 Å². The van der Waals surface area contributed by atoms with E-state index in [1.165, 1.54) is 4.90 Å². The van der Waals surface area contributed by atoms with Crippen LogP contribution in [0.1, 0.15) is 46.0 Å². The third-order valence-corrected chi connectivity index (χ3v) is 4.28. The van der Waals surface area contributed by atoms with Crippen molar-refractivity contribution in [2.24, 2.45) is 17.8 Å². The third-order valence-electron chi connectivity index (χ3n) is 4.28. The molecule has 0 aromatic heterocycles. The Bertz CT molecular complexity index is 382. The second-order valence-electron chi connectivity index (χ2n) is 6.29. The van der Waals surface area contributed by atoms with Crippen molar-refractivity contribution in [2.45, 2.75) is 46.0 Å². The Morgan fingerprint density at radius 3 is 2.25 bits per heavy atom. The van der Waals surface area contributed by atoms with Crippen LogP contribution in [-0.2, 0) is 14.4 Å². The summed E-state index contributed by atoms with van der Waals surface area (Å²) in [4.78, 5) is 37.4. The summed E-state index contributed by atoms with van der Waals surface area (Å²) in [6.07, 6.45) is 4.50. The van der Waals surface area contributed by atoms with Crippen LogP contribution in [0, 0.1) is 17.8 Å². The highest BCUT2D eigenvalue weighted by Gasteiger charge is 2.48. The average Bonchev–Trinajstić information content (AvgIpc) is 2.64. The smallest absolute Gasteiger partial charge is 0.240 e. The van der Waals surface area contributed by atoms with Crippen molar-refractivity contribution >= 4 is 17.7 Å². The van der Waals surface area contributed by atoms with Gasteiger partial charge in [0.1, 0.15) is 6.54 Å². The van der Waals surface area contributed by atoms with Gasteiger partial charge in [-0.2, -0.15) is 0 Å². The summed E-state index contributed by atoms with van der Waals surface area (Å²) in [5.74, 6) is -0.323. The Labute approximate surface area is 120 Å². The van der Waals surface area contributed by atoms with Crippen molar-refractivity contribution < 1.29 is 14.4 Å². The maximum atomic E-state index is 12.2. The molecule has 2 rings (SSSR count). The molecule has 112 valence electrons. The quantitative estimate of drug-likeness (QED) is 0.772. The first-order valence-electron chi connectivity index (χ1n) is 7.62. The Hall–Kier alpha value is -1.39. The number of nitrogens with one attached hydrogen (secondary N) is 1. The van der Waals surface area contributed by atoms with E-state index in [-0.39, 0.29) is 36.1 Å². The molecular formula is C15H24N2O3. The van der Waals surface area contributed by atoms with E-state index in [1.54, 1.807) is 0 Å². The fourth-order valence-corrected chi connectivity index (χ4v) is 3.09. The minimum Gasteiger partial charge on any atom is -0.355 e. The Balaban J connectivity index is 1.87. The molecular weight excluding hydrogens is 256 g/mol. The van der Waals surface area contributed by atoms with E-state index in [4.69, 9.17) is 0 Å². The van der Waals surface area contributed by atoms with Gasteiger partial charge in [-0.3, -0.25) is 19.3 Å². The molecule has 0 aromatic rings. The van der Waals surface area contributed by atoms with E-state index in [2.05, 4.69) is 19.2 Å². The lowest BCUT2D eigenvalue weighted by atomic mass is 9.81. The van der Waals surface area contributed by atoms with E-state index in [0.717, 1.165) is 32.1 Å². The second kappa shape index (κ2) is 6.37. The Morgan fingerprint density at radius 2 is 1.75 bits per heavy atom. The molecule has 1 aliphatic heterocycles. The van der Waals surface area contributed by atoms with E-state index >= 15 is 0 Å². The normalized spacial score (nSPS) is 26.1. The van der Waals surface area contributed by atoms with Gasteiger partial charge in [-0.1, -0.05) is 26.7 Å². The molecule has 1 N–H and O–H groups in total. The fraction of sp³-hybridized carbons (Fsp3) is 0.800. The number of hydrogen-bond acceptors (Lipinski definition) is 3. The zero-order valence-corrected chi connectivity index (χ0v) is 12.4. The van der Waals surface area contributed by atoms with Crippen LogP contribution in [-0.4, -0.2) is 35.7 Å². The zero-order valence-electron chi connectivity index (χ0n) is 12.4. The molecule has 2 aliphatic rings. The van der Waals surface area contributed by atoms with Gasteiger partial charge < -0.3 is 5.32 Å². The van der Waals surface area contributed by atoms with E-state index in [0.29, 0.717) is 12.5 Å². The number of fused-ring (bicyclic) bond motifs is 1. The van der Waals surface area contributed by atoms with E-state index < -0.39 is 0 Å². The monoisotopic (exact) mass is 280 g/mol. The molecule has 0 bridgehead atoms. The minimum atomic E-state index is -0.231. The first kappa shape index (κ1) is 15.0. The standard InChI is InChI=1S/C15H24N2O3/c1-10(2)7-8-16-13(18)9-17-14(19)11-5-3-4-6-12(11)15(17)20/h10-12H,3-9H2,1-2H3,(H,16,18)/t11-,12-/m1/s1. The molecule has 0 unspecified atom stereocenters. The Morgan fingerprint density at radius 1 is 1.20 bits per heavy atom. The largest absolute Gasteiger partial charge is 0.355 e. The number of carbonyl (C=O) groups is 3. The first-order valence-corrected chi connectivity index (χ1v) is 7.62. The molecule has 2 fully saturated rings. The summed E-state index contributed by atoms with van der Waals surface area (Å²) < 4.78 is 0. The number of nitrogens with zero attached hydrogens (tertiary/aromatic N) is 1. The number of rotatable bonds is 5. The van der Waals surface area contributed by atoms with Crippen molar-refractivity contribution in [1.29, 1.82) is 0 Å². The van der Waals surface area contributed by atoms with Crippen LogP contribution in [0.2, 0.25) is 0 Å². The predicted octanol–water partition coefficient (Wildman–Crippen LogP) is 1.32. The van der Waals surface area contributed by atoms with Gasteiger partial charge in [-0.05, 0) is 25.2 Å². The van der Waals surface area contributed by atoms with Crippen molar-refractivity contribution in [3.8, 4) is 0 Å². The van der Waals surface area contributed by atoms with Gasteiger partial charge in [0, 0.05) is 6.54 Å². The maximum Gasteiger partial charge on any atom is 0.240 e. The van der Waals surface area contributed by atoms with Crippen molar-refractivity contribution in [3.05, 3.63) is 0 Å². The van der Waals surface area contributed by atoms with Gasteiger partial charge >= 0.3 is 0 Å².